The fourth-order valence-electron chi connectivity index (χ4n) is 1.24. The van der Waals surface area contributed by atoms with Gasteiger partial charge in [0, 0.05) is 13.6 Å². The number of anilines is 2. The molecule has 2 rings (SSSR count). The Labute approximate surface area is 80.1 Å². The van der Waals surface area contributed by atoms with Gasteiger partial charge in [-0.05, 0) is 6.92 Å². The van der Waals surface area contributed by atoms with Crippen molar-refractivity contribution < 1.29 is 13.6 Å². The SMILES string of the molecule is CCN(C)c1oc2c(oc[n+]2[O-])c1N. The Balaban J connectivity index is 2.62. The van der Waals surface area contributed by atoms with Crippen LogP contribution in [0, 0.1) is 5.21 Å². The Morgan fingerprint density at radius 2 is 2.36 bits per heavy atom. The molecule has 0 aromatic carbocycles. The Morgan fingerprint density at radius 1 is 1.64 bits per heavy atom. The predicted octanol–water partition coefficient (Wildman–Crippen LogP) is 0.698. The molecule has 0 saturated heterocycles. The second kappa shape index (κ2) is 2.83. The van der Waals surface area contributed by atoms with Crippen LogP contribution in [0.25, 0.3) is 11.3 Å². The first-order valence-corrected chi connectivity index (χ1v) is 4.25. The molecule has 0 atom stereocenters. The summed E-state index contributed by atoms with van der Waals surface area (Å²) in [5.41, 5.74) is 6.52. The second-order valence-corrected chi connectivity index (χ2v) is 3.02. The maximum atomic E-state index is 11.1. The van der Waals surface area contributed by atoms with E-state index in [4.69, 9.17) is 14.6 Å². The third kappa shape index (κ3) is 1.00. The average Bonchev–Trinajstić information content (AvgIpc) is 2.69. The average molecular weight is 197 g/mol. The molecule has 2 N–H and O–H groups in total. The molecule has 14 heavy (non-hydrogen) atoms. The quantitative estimate of drug-likeness (QED) is 0.566. The zero-order valence-electron chi connectivity index (χ0n) is 7.98. The van der Waals surface area contributed by atoms with Crippen LogP contribution >= 0.6 is 0 Å². The zero-order valence-corrected chi connectivity index (χ0v) is 7.98. The van der Waals surface area contributed by atoms with Gasteiger partial charge in [0.2, 0.25) is 5.88 Å². The maximum Gasteiger partial charge on any atom is 0.435 e. The van der Waals surface area contributed by atoms with E-state index in [1.54, 1.807) is 4.90 Å². The van der Waals surface area contributed by atoms with E-state index < -0.39 is 0 Å². The molecule has 0 radical (unpaired) electrons. The molecule has 0 unspecified atom stereocenters. The normalized spacial score (nSPS) is 11.0. The lowest BCUT2D eigenvalue weighted by molar-refractivity contribution is -0.590. The Kier molecular flexibility index (Phi) is 1.77. The van der Waals surface area contributed by atoms with Crippen LogP contribution in [0.4, 0.5) is 11.6 Å². The van der Waals surface area contributed by atoms with Crippen molar-refractivity contribution in [2.45, 2.75) is 6.92 Å². The summed E-state index contributed by atoms with van der Waals surface area (Å²) in [7, 11) is 1.82. The predicted molar refractivity (Wildman–Crippen MR) is 50.8 cm³/mol. The Bertz CT molecular complexity index is 460. The molecule has 76 valence electrons. The van der Waals surface area contributed by atoms with E-state index >= 15 is 0 Å². The number of fused-ring (bicyclic) bond motifs is 1. The van der Waals surface area contributed by atoms with Crippen LogP contribution in [0.15, 0.2) is 15.2 Å². The van der Waals surface area contributed by atoms with E-state index in [0.717, 1.165) is 12.9 Å². The largest absolute Gasteiger partial charge is 0.614 e. The van der Waals surface area contributed by atoms with Crippen LogP contribution < -0.4 is 15.4 Å². The van der Waals surface area contributed by atoms with Crippen molar-refractivity contribution in [3.05, 3.63) is 11.6 Å². The van der Waals surface area contributed by atoms with Gasteiger partial charge >= 0.3 is 12.1 Å². The Morgan fingerprint density at radius 3 is 2.93 bits per heavy atom. The topological polar surface area (TPSA) is 82.5 Å². The van der Waals surface area contributed by atoms with Crippen LogP contribution in [0.1, 0.15) is 6.92 Å². The molecular formula is C8H11N3O3. The van der Waals surface area contributed by atoms with E-state index in [1.807, 2.05) is 14.0 Å². The van der Waals surface area contributed by atoms with Gasteiger partial charge in [0.05, 0.1) is 0 Å². The summed E-state index contributed by atoms with van der Waals surface area (Å²) in [6.45, 7) is 2.69. The first-order chi connectivity index (χ1) is 6.65. The molecule has 0 spiro atoms. The monoisotopic (exact) mass is 197 g/mol. The number of rotatable bonds is 2. The van der Waals surface area contributed by atoms with Crippen LogP contribution in [0.5, 0.6) is 0 Å². The summed E-state index contributed by atoms with van der Waals surface area (Å²) in [4.78, 5) is 1.80. The van der Waals surface area contributed by atoms with E-state index in [9.17, 15) is 5.21 Å². The molecule has 0 aliphatic rings. The molecule has 0 amide bonds. The van der Waals surface area contributed by atoms with Crippen molar-refractivity contribution in [1.82, 2.24) is 0 Å². The van der Waals surface area contributed by atoms with Crippen molar-refractivity contribution >= 4 is 22.9 Å². The van der Waals surface area contributed by atoms with Gasteiger partial charge in [-0.15, -0.1) is 4.73 Å². The first-order valence-electron chi connectivity index (χ1n) is 4.25. The van der Waals surface area contributed by atoms with Gasteiger partial charge < -0.3 is 24.7 Å². The molecule has 0 fully saturated rings. The highest BCUT2D eigenvalue weighted by molar-refractivity contribution is 5.87. The maximum absolute atomic E-state index is 11.1. The minimum absolute atomic E-state index is 0.109. The van der Waals surface area contributed by atoms with E-state index in [1.165, 1.54) is 0 Å². The smallest absolute Gasteiger partial charge is 0.435 e. The van der Waals surface area contributed by atoms with Gasteiger partial charge in [-0.25, -0.2) is 0 Å². The Hall–Kier alpha value is -1.85. The highest BCUT2D eigenvalue weighted by atomic mass is 16.5. The van der Waals surface area contributed by atoms with Crippen LogP contribution in [-0.4, -0.2) is 13.6 Å². The second-order valence-electron chi connectivity index (χ2n) is 3.02. The van der Waals surface area contributed by atoms with E-state index in [2.05, 4.69) is 0 Å². The molecular weight excluding hydrogens is 186 g/mol. The standard InChI is InChI=1S/C8H11N3O3/c1-3-10(2)7-5(9)6-8(14-7)11(12)4-13-6/h4H,3,9H2,1-2H3. The summed E-state index contributed by atoms with van der Waals surface area (Å²) in [6, 6.07) is 0. The molecule has 0 aliphatic heterocycles. The molecule has 0 bridgehead atoms. The van der Waals surface area contributed by atoms with Crippen molar-refractivity contribution in [1.29, 1.82) is 0 Å². The van der Waals surface area contributed by atoms with E-state index in [0.29, 0.717) is 21.9 Å². The number of hydrogen-bond acceptors (Lipinski definition) is 5. The van der Waals surface area contributed by atoms with Crippen LogP contribution in [0.2, 0.25) is 0 Å². The van der Waals surface area contributed by atoms with Gasteiger partial charge in [0.25, 0.3) is 5.58 Å². The fourth-order valence-corrected chi connectivity index (χ4v) is 1.24. The van der Waals surface area contributed by atoms with Gasteiger partial charge in [0.1, 0.15) is 5.69 Å². The zero-order chi connectivity index (χ0) is 10.3. The first kappa shape index (κ1) is 8.74. The van der Waals surface area contributed by atoms with E-state index in [-0.39, 0.29) is 5.71 Å². The molecule has 2 aromatic rings. The lowest BCUT2D eigenvalue weighted by atomic mass is 10.4. The number of furan rings is 1. The third-order valence-electron chi connectivity index (χ3n) is 2.15. The van der Waals surface area contributed by atoms with Crippen LogP contribution in [0.3, 0.4) is 0 Å². The summed E-state index contributed by atoms with van der Waals surface area (Å²) < 4.78 is 10.8. The summed E-state index contributed by atoms with van der Waals surface area (Å²) >= 11 is 0. The van der Waals surface area contributed by atoms with Gasteiger partial charge in [-0.2, -0.15) is 0 Å². The lowest BCUT2D eigenvalue weighted by Gasteiger charge is -2.12. The van der Waals surface area contributed by atoms with Crippen molar-refractivity contribution in [2.75, 3.05) is 24.2 Å². The highest BCUT2D eigenvalue weighted by Crippen LogP contribution is 2.32. The number of oxazole rings is 1. The minimum Gasteiger partial charge on any atom is -0.614 e. The van der Waals surface area contributed by atoms with Gasteiger partial charge in [0.15, 0.2) is 0 Å². The molecule has 6 heteroatoms. The summed E-state index contributed by atoms with van der Waals surface area (Å²) in [6.07, 6.45) is 1.01. The number of nitrogen functional groups attached to an aromatic ring is 1. The fraction of sp³-hybridized carbons (Fsp3) is 0.375. The molecule has 2 heterocycles. The third-order valence-corrected chi connectivity index (χ3v) is 2.15. The molecule has 0 aliphatic carbocycles. The van der Waals surface area contributed by atoms with Crippen molar-refractivity contribution in [2.24, 2.45) is 0 Å². The minimum atomic E-state index is 0.109. The van der Waals surface area contributed by atoms with Gasteiger partial charge in [-0.3, -0.25) is 0 Å². The van der Waals surface area contributed by atoms with Crippen molar-refractivity contribution in [3.8, 4) is 0 Å². The summed E-state index contributed by atoms with van der Waals surface area (Å²) in [5.74, 6) is 0.464. The number of aromatic nitrogens is 1. The number of nitrogens with zero attached hydrogens (tertiary/aromatic N) is 2. The molecule has 0 saturated carbocycles. The van der Waals surface area contributed by atoms with Crippen molar-refractivity contribution in [3.63, 3.8) is 0 Å². The number of hydrogen-bond donors (Lipinski definition) is 1. The van der Waals surface area contributed by atoms with Gasteiger partial charge in [-0.1, -0.05) is 0 Å². The lowest BCUT2D eigenvalue weighted by Crippen LogP contribution is -2.22. The molecule has 6 nitrogen and oxygen atoms in total. The highest BCUT2D eigenvalue weighted by Gasteiger charge is 2.23. The summed E-state index contributed by atoms with van der Waals surface area (Å²) in [5, 5.41) is 11.1. The van der Waals surface area contributed by atoms with Crippen LogP contribution in [-0.2, 0) is 0 Å². The molecule has 2 aromatic heterocycles. The number of nitrogens with two attached hydrogens (primary N) is 1.